The molecule has 0 aromatic heterocycles. The van der Waals surface area contributed by atoms with Gasteiger partial charge in [0.15, 0.2) is 11.6 Å². The molecule has 11 heteroatoms. The van der Waals surface area contributed by atoms with Crippen molar-refractivity contribution in [2.24, 2.45) is 0 Å². The highest BCUT2D eigenvalue weighted by atomic mass is 16.6. The van der Waals surface area contributed by atoms with Crippen LogP contribution in [0.25, 0.3) is 0 Å². The van der Waals surface area contributed by atoms with Crippen LogP contribution in [-0.2, 0) is 24.0 Å². The maximum absolute atomic E-state index is 12.4. The van der Waals surface area contributed by atoms with Gasteiger partial charge in [0.25, 0.3) is 5.91 Å². The van der Waals surface area contributed by atoms with Crippen molar-refractivity contribution in [2.75, 3.05) is 0 Å². The van der Waals surface area contributed by atoms with Crippen LogP contribution in [0.5, 0.6) is 0 Å². The van der Waals surface area contributed by atoms with Gasteiger partial charge < -0.3 is 9.90 Å². The molecule has 1 aliphatic heterocycles. The van der Waals surface area contributed by atoms with Crippen molar-refractivity contribution >= 4 is 29.9 Å². The molecule has 0 radical (unpaired) electrons. The van der Waals surface area contributed by atoms with Gasteiger partial charge in [0.05, 0.1) is 18.4 Å². The summed E-state index contributed by atoms with van der Waals surface area (Å²) >= 11 is 0. The third-order valence-electron chi connectivity index (χ3n) is 4.54. The van der Waals surface area contributed by atoms with E-state index in [9.17, 15) is 39.5 Å². The minimum Gasteiger partial charge on any atom is -0.378 e. The number of imide groups is 1. The van der Waals surface area contributed by atoms with Crippen LogP contribution in [0.2, 0.25) is 0 Å². The van der Waals surface area contributed by atoms with E-state index in [2.05, 4.69) is 0 Å². The SMILES string of the molecule is CC1(O)C(C(=O)N(O)NC(=O)CCC=O)=CC=CC1[N+]1(O)C(=O)CCC1=O. The highest BCUT2D eigenvalue weighted by Crippen LogP contribution is 2.37. The number of rotatable bonds is 5. The standard InChI is InChI=1S/C16H19N3O8/c1-16(25)10(15(24)18(26)17-12(21)6-3-9-20)4-2-5-11(16)19(27)13(22)7-8-14(19)23/h2,4-5,9,11,25-27H,3,6-8H2,1H3/p+1. The minimum atomic E-state index is -2.22. The van der Waals surface area contributed by atoms with Gasteiger partial charge in [0, 0.05) is 12.8 Å². The third-order valence-corrected chi connectivity index (χ3v) is 4.54. The summed E-state index contributed by atoms with van der Waals surface area (Å²) in [6.07, 6.45) is 3.26. The van der Waals surface area contributed by atoms with Gasteiger partial charge in [-0.2, -0.15) is 0 Å². The number of hydrazine groups is 1. The second-order valence-electron chi connectivity index (χ2n) is 6.39. The fourth-order valence-electron chi connectivity index (χ4n) is 3.08. The number of hydrogen-bond donors (Lipinski definition) is 4. The number of allylic oxidation sites excluding steroid dienone is 2. The molecule has 0 aromatic rings. The van der Waals surface area contributed by atoms with Crippen molar-refractivity contribution in [1.29, 1.82) is 0 Å². The maximum Gasteiger partial charge on any atom is 0.354 e. The van der Waals surface area contributed by atoms with E-state index >= 15 is 0 Å². The maximum atomic E-state index is 12.4. The molecule has 0 saturated carbocycles. The van der Waals surface area contributed by atoms with Gasteiger partial charge in [0.1, 0.15) is 6.29 Å². The fraction of sp³-hybridized carbons (Fsp3) is 0.438. The lowest BCUT2D eigenvalue weighted by atomic mass is 9.82. The van der Waals surface area contributed by atoms with Crippen LogP contribution in [0.1, 0.15) is 32.6 Å². The van der Waals surface area contributed by atoms with E-state index in [1.165, 1.54) is 12.2 Å². The van der Waals surface area contributed by atoms with Gasteiger partial charge in [-0.1, -0.05) is 12.2 Å². The first-order valence-corrected chi connectivity index (χ1v) is 8.12. The van der Waals surface area contributed by atoms with Crippen LogP contribution >= 0.6 is 0 Å². The number of quaternary nitrogens is 1. The number of likely N-dealkylation sites (tertiary alicyclic amines) is 1. The van der Waals surface area contributed by atoms with Crippen LogP contribution < -0.4 is 5.43 Å². The molecule has 4 N–H and O–H groups in total. The van der Waals surface area contributed by atoms with Gasteiger partial charge in [-0.25, -0.2) is 20.2 Å². The van der Waals surface area contributed by atoms with Crippen LogP contribution in [0, 0.1) is 0 Å². The summed E-state index contributed by atoms with van der Waals surface area (Å²) in [6.45, 7) is 1.10. The van der Waals surface area contributed by atoms with Crippen molar-refractivity contribution in [1.82, 2.24) is 10.6 Å². The van der Waals surface area contributed by atoms with E-state index in [1.54, 1.807) is 0 Å². The number of hydrogen-bond acceptors (Lipinski definition) is 8. The Morgan fingerprint density at radius 3 is 2.52 bits per heavy atom. The first-order chi connectivity index (χ1) is 12.6. The van der Waals surface area contributed by atoms with Crippen molar-refractivity contribution in [3.63, 3.8) is 0 Å². The van der Waals surface area contributed by atoms with Gasteiger partial charge in [-0.15, -0.1) is 5.17 Å². The number of amides is 4. The van der Waals surface area contributed by atoms with Crippen molar-refractivity contribution < 1.29 is 44.1 Å². The molecular weight excluding hydrogens is 362 g/mol. The summed E-state index contributed by atoms with van der Waals surface area (Å²) in [5.41, 5.74) is -0.858. The van der Waals surface area contributed by atoms with Gasteiger partial charge >= 0.3 is 11.8 Å². The minimum absolute atomic E-state index is 0.117. The molecule has 0 bridgehead atoms. The number of carbonyl (C=O) groups is 5. The summed E-state index contributed by atoms with van der Waals surface area (Å²) < 4.78 is -1.69. The molecular formula is C16H20N3O8+. The van der Waals surface area contributed by atoms with E-state index in [-0.39, 0.29) is 30.9 Å². The van der Waals surface area contributed by atoms with Crippen LogP contribution in [0.3, 0.4) is 0 Å². The van der Waals surface area contributed by atoms with Gasteiger partial charge in [-0.05, 0) is 17.6 Å². The average molecular weight is 382 g/mol. The lowest BCUT2D eigenvalue weighted by Crippen LogP contribution is -2.66. The molecule has 1 aliphatic carbocycles. The summed E-state index contributed by atoms with van der Waals surface area (Å²) in [7, 11) is 0. The Morgan fingerprint density at radius 1 is 1.37 bits per heavy atom. The van der Waals surface area contributed by atoms with E-state index in [0.29, 0.717) is 6.29 Å². The summed E-state index contributed by atoms with van der Waals surface area (Å²) in [4.78, 5) is 58.3. The van der Waals surface area contributed by atoms with Crippen molar-refractivity contribution in [2.45, 2.75) is 44.2 Å². The molecule has 2 rings (SSSR count). The first-order valence-electron chi connectivity index (χ1n) is 8.12. The fourth-order valence-corrected chi connectivity index (χ4v) is 3.08. The highest BCUT2D eigenvalue weighted by molar-refractivity contribution is 5.97. The molecule has 0 aromatic carbocycles. The normalized spacial score (nSPS) is 26.5. The van der Waals surface area contributed by atoms with E-state index in [0.717, 1.165) is 13.0 Å². The predicted molar refractivity (Wildman–Crippen MR) is 85.0 cm³/mol. The van der Waals surface area contributed by atoms with Crippen molar-refractivity contribution in [3.8, 4) is 0 Å². The Balaban J connectivity index is 2.24. The first kappa shape index (κ1) is 20.6. The Kier molecular flexibility index (Phi) is 5.70. The predicted octanol–water partition coefficient (Wildman–Crippen LogP) is -1.12. The number of nitrogens with zero attached hydrogens (tertiary/aromatic N) is 2. The summed E-state index contributed by atoms with van der Waals surface area (Å²) in [5, 5.41) is 31.0. The zero-order valence-electron chi connectivity index (χ0n) is 14.5. The zero-order valence-corrected chi connectivity index (χ0v) is 14.5. The molecule has 2 atom stereocenters. The quantitative estimate of drug-likeness (QED) is 0.153. The van der Waals surface area contributed by atoms with Gasteiger partial charge in [-0.3, -0.25) is 14.8 Å². The van der Waals surface area contributed by atoms with Crippen molar-refractivity contribution in [3.05, 3.63) is 23.8 Å². The Morgan fingerprint density at radius 2 is 1.96 bits per heavy atom. The Bertz CT molecular complexity index is 739. The molecule has 27 heavy (non-hydrogen) atoms. The molecule has 1 heterocycles. The van der Waals surface area contributed by atoms with E-state index < -0.39 is 45.5 Å². The molecule has 11 nitrogen and oxygen atoms in total. The summed E-state index contributed by atoms with van der Waals surface area (Å²) in [5.74, 6) is -3.71. The Hall–Kier alpha value is -2.73. The molecule has 0 spiro atoms. The zero-order chi connectivity index (χ0) is 20.4. The second kappa shape index (κ2) is 7.48. The number of hydroxylamine groups is 4. The molecule has 4 amide bonds. The summed E-state index contributed by atoms with van der Waals surface area (Å²) in [6, 6.07) is -1.51. The Labute approximate surface area is 153 Å². The molecule has 1 saturated heterocycles. The van der Waals surface area contributed by atoms with Crippen LogP contribution in [-0.4, -0.2) is 66.9 Å². The van der Waals surface area contributed by atoms with Crippen LogP contribution in [0.4, 0.5) is 0 Å². The molecule has 2 aliphatic rings. The number of nitrogens with one attached hydrogen (secondary N) is 1. The van der Waals surface area contributed by atoms with Gasteiger partial charge in [0.2, 0.25) is 5.91 Å². The van der Waals surface area contributed by atoms with E-state index in [4.69, 9.17) is 0 Å². The molecule has 146 valence electrons. The van der Waals surface area contributed by atoms with E-state index in [1.807, 2.05) is 5.43 Å². The smallest absolute Gasteiger partial charge is 0.354 e. The lowest BCUT2D eigenvalue weighted by molar-refractivity contribution is -0.990. The number of carbonyl (C=O) groups excluding carboxylic acids is 5. The third kappa shape index (κ3) is 3.57. The molecule has 2 unspecified atom stereocenters. The molecule has 1 fully saturated rings. The average Bonchev–Trinajstić information content (AvgIpc) is 2.86. The number of aldehydes is 1. The second-order valence-corrected chi connectivity index (χ2v) is 6.39. The lowest BCUT2D eigenvalue weighted by Gasteiger charge is -2.39. The topological polar surface area (TPSA) is 161 Å². The highest BCUT2D eigenvalue weighted by Gasteiger charge is 2.62. The monoisotopic (exact) mass is 382 g/mol. The number of aliphatic hydroxyl groups is 1. The largest absolute Gasteiger partial charge is 0.378 e. The van der Waals surface area contributed by atoms with Crippen LogP contribution in [0.15, 0.2) is 23.8 Å².